The summed E-state index contributed by atoms with van der Waals surface area (Å²) in [4.78, 5) is 4.43. The number of hydrogen-bond acceptors (Lipinski definition) is 5. The van der Waals surface area contributed by atoms with Gasteiger partial charge in [0.15, 0.2) is 0 Å². The smallest absolute Gasteiger partial charge is 0.236 e. The van der Waals surface area contributed by atoms with Crippen molar-refractivity contribution in [1.29, 1.82) is 0 Å². The van der Waals surface area contributed by atoms with Crippen LogP contribution in [0.25, 0.3) is 11.4 Å². The summed E-state index contributed by atoms with van der Waals surface area (Å²) in [6.07, 6.45) is 0. The van der Waals surface area contributed by atoms with Crippen LogP contribution in [-0.4, -0.2) is 17.3 Å². The van der Waals surface area contributed by atoms with Gasteiger partial charge in [-0.3, -0.25) is 0 Å². The molecule has 2 aromatic carbocycles. The second-order valence-electron chi connectivity index (χ2n) is 4.72. The van der Waals surface area contributed by atoms with Crippen LogP contribution in [0, 0.1) is 0 Å². The van der Waals surface area contributed by atoms with Gasteiger partial charge in [-0.05, 0) is 17.7 Å². The molecule has 0 fully saturated rings. The molecule has 0 bridgehead atoms. The second kappa shape index (κ2) is 7.13. The Hall–Kier alpha value is -2.27. The van der Waals surface area contributed by atoms with E-state index in [1.54, 1.807) is 18.9 Å². The highest BCUT2D eigenvalue weighted by Gasteiger charge is 2.09. The van der Waals surface area contributed by atoms with Gasteiger partial charge in [0.25, 0.3) is 0 Å². The molecule has 0 radical (unpaired) electrons. The van der Waals surface area contributed by atoms with Crippen LogP contribution in [0.4, 0.5) is 0 Å². The van der Waals surface area contributed by atoms with Crippen LogP contribution in [-0.2, 0) is 11.5 Å². The monoisotopic (exact) mass is 312 g/mol. The largest absolute Gasteiger partial charge is 0.497 e. The molecule has 1 aromatic heterocycles. The lowest BCUT2D eigenvalue weighted by molar-refractivity contribution is 0.391. The maximum atomic E-state index is 5.31. The van der Waals surface area contributed by atoms with Gasteiger partial charge in [-0.15, -0.1) is 11.8 Å². The van der Waals surface area contributed by atoms with E-state index in [1.807, 2.05) is 42.5 Å². The van der Waals surface area contributed by atoms with Crippen LogP contribution in [0.2, 0.25) is 0 Å². The van der Waals surface area contributed by atoms with Crippen molar-refractivity contribution >= 4 is 11.8 Å². The van der Waals surface area contributed by atoms with Crippen molar-refractivity contribution < 1.29 is 9.26 Å². The van der Waals surface area contributed by atoms with Crippen LogP contribution in [0.15, 0.2) is 59.1 Å². The van der Waals surface area contributed by atoms with E-state index < -0.39 is 0 Å². The SMILES string of the molecule is COc1cccc(-c2noc(CSCc3ccccc3)n2)c1. The molecule has 0 spiro atoms. The molecule has 5 heteroatoms. The third-order valence-electron chi connectivity index (χ3n) is 3.13. The molecule has 0 amide bonds. The van der Waals surface area contributed by atoms with Gasteiger partial charge in [0, 0.05) is 11.3 Å². The molecule has 0 saturated carbocycles. The van der Waals surface area contributed by atoms with Crippen LogP contribution < -0.4 is 4.74 Å². The van der Waals surface area contributed by atoms with E-state index >= 15 is 0 Å². The average Bonchev–Trinajstić information content (AvgIpc) is 3.05. The number of thioether (sulfide) groups is 1. The molecule has 0 atom stereocenters. The zero-order chi connectivity index (χ0) is 15.2. The summed E-state index contributed by atoms with van der Waals surface area (Å²) in [6, 6.07) is 18.0. The normalized spacial score (nSPS) is 10.6. The summed E-state index contributed by atoms with van der Waals surface area (Å²) in [5.74, 6) is 3.64. The Morgan fingerprint density at radius 3 is 2.73 bits per heavy atom. The predicted molar refractivity (Wildman–Crippen MR) is 87.7 cm³/mol. The number of nitrogens with zero attached hydrogens (tertiary/aromatic N) is 2. The first-order valence-corrected chi connectivity index (χ1v) is 8.09. The van der Waals surface area contributed by atoms with Gasteiger partial charge in [-0.25, -0.2) is 0 Å². The molecule has 1 heterocycles. The van der Waals surface area contributed by atoms with Crippen molar-refractivity contribution in [3.63, 3.8) is 0 Å². The Labute approximate surface area is 133 Å². The predicted octanol–water partition coefficient (Wildman–Crippen LogP) is 4.18. The highest BCUT2D eigenvalue weighted by Crippen LogP contribution is 2.23. The fraction of sp³-hybridized carbons (Fsp3) is 0.176. The molecule has 0 N–H and O–H groups in total. The topological polar surface area (TPSA) is 48.2 Å². The van der Waals surface area contributed by atoms with E-state index in [0.717, 1.165) is 17.1 Å². The summed E-state index contributed by atoms with van der Waals surface area (Å²) in [6.45, 7) is 0. The number of rotatable bonds is 6. The minimum atomic E-state index is 0.592. The zero-order valence-electron chi connectivity index (χ0n) is 12.2. The van der Waals surface area contributed by atoms with Crippen molar-refractivity contribution in [2.45, 2.75) is 11.5 Å². The summed E-state index contributed by atoms with van der Waals surface area (Å²) >= 11 is 1.75. The van der Waals surface area contributed by atoms with E-state index in [-0.39, 0.29) is 0 Å². The Bertz CT molecular complexity index is 728. The Morgan fingerprint density at radius 1 is 1.05 bits per heavy atom. The first kappa shape index (κ1) is 14.7. The molecule has 3 aromatic rings. The summed E-state index contributed by atoms with van der Waals surface area (Å²) in [5.41, 5.74) is 2.18. The number of methoxy groups -OCH3 is 1. The van der Waals surface area contributed by atoms with E-state index in [1.165, 1.54) is 5.56 Å². The van der Waals surface area contributed by atoms with Crippen molar-refractivity contribution in [1.82, 2.24) is 10.1 Å². The fourth-order valence-electron chi connectivity index (χ4n) is 2.02. The van der Waals surface area contributed by atoms with E-state index in [0.29, 0.717) is 17.5 Å². The summed E-state index contributed by atoms with van der Waals surface area (Å²) in [7, 11) is 1.64. The van der Waals surface area contributed by atoms with E-state index in [9.17, 15) is 0 Å². The van der Waals surface area contributed by atoms with E-state index in [4.69, 9.17) is 9.26 Å². The molecule has 0 aliphatic rings. The summed E-state index contributed by atoms with van der Waals surface area (Å²) < 4.78 is 10.5. The quantitative estimate of drug-likeness (QED) is 0.683. The van der Waals surface area contributed by atoms with Crippen LogP contribution in [0.5, 0.6) is 5.75 Å². The van der Waals surface area contributed by atoms with Gasteiger partial charge in [0.05, 0.1) is 12.9 Å². The molecule has 0 aliphatic heterocycles. The van der Waals surface area contributed by atoms with Crippen LogP contribution >= 0.6 is 11.8 Å². The third-order valence-corrected chi connectivity index (χ3v) is 4.12. The minimum Gasteiger partial charge on any atom is -0.497 e. The van der Waals surface area contributed by atoms with Crippen molar-refractivity contribution in [2.75, 3.05) is 7.11 Å². The van der Waals surface area contributed by atoms with Crippen molar-refractivity contribution in [3.8, 4) is 17.1 Å². The molecule has 3 rings (SSSR count). The Balaban J connectivity index is 1.61. The van der Waals surface area contributed by atoms with Gasteiger partial charge < -0.3 is 9.26 Å². The molecular formula is C17H16N2O2S. The average molecular weight is 312 g/mol. The van der Waals surface area contributed by atoms with E-state index in [2.05, 4.69) is 22.3 Å². The molecule has 0 aliphatic carbocycles. The molecular weight excluding hydrogens is 296 g/mol. The Morgan fingerprint density at radius 2 is 1.91 bits per heavy atom. The molecule has 0 unspecified atom stereocenters. The molecule has 0 saturated heterocycles. The van der Waals surface area contributed by atoms with Crippen LogP contribution in [0.1, 0.15) is 11.5 Å². The van der Waals surface area contributed by atoms with Crippen LogP contribution in [0.3, 0.4) is 0 Å². The maximum absolute atomic E-state index is 5.31. The third kappa shape index (κ3) is 3.68. The van der Waals surface area contributed by atoms with Gasteiger partial charge in [-0.1, -0.05) is 47.6 Å². The van der Waals surface area contributed by atoms with Gasteiger partial charge in [-0.2, -0.15) is 4.98 Å². The molecule has 4 nitrogen and oxygen atoms in total. The van der Waals surface area contributed by atoms with Crippen molar-refractivity contribution in [3.05, 3.63) is 66.1 Å². The summed E-state index contributed by atoms with van der Waals surface area (Å²) in [5, 5.41) is 4.03. The second-order valence-corrected chi connectivity index (χ2v) is 5.71. The number of aromatic nitrogens is 2. The number of ether oxygens (including phenoxy) is 1. The zero-order valence-corrected chi connectivity index (χ0v) is 13.0. The standard InChI is InChI=1S/C17H16N2O2S/c1-20-15-9-5-8-14(10-15)17-18-16(21-19-17)12-22-11-13-6-3-2-4-7-13/h2-10H,11-12H2,1H3. The first-order chi connectivity index (χ1) is 10.8. The highest BCUT2D eigenvalue weighted by atomic mass is 32.2. The Kier molecular flexibility index (Phi) is 4.75. The molecule has 22 heavy (non-hydrogen) atoms. The van der Waals surface area contributed by atoms with Gasteiger partial charge in [0.2, 0.25) is 11.7 Å². The maximum Gasteiger partial charge on any atom is 0.236 e. The number of hydrogen-bond donors (Lipinski definition) is 0. The van der Waals surface area contributed by atoms with Gasteiger partial charge in [0.1, 0.15) is 5.75 Å². The molecule has 112 valence electrons. The first-order valence-electron chi connectivity index (χ1n) is 6.94. The lowest BCUT2D eigenvalue weighted by Gasteiger charge is -2.00. The fourth-order valence-corrected chi connectivity index (χ4v) is 2.85. The van der Waals surface area contributed by atoms with Gasteiger partial charge >= 0.3 is 0 Å². The lowest BCUT2D eigenvalue weighted by Crippen LogP contribution is -1.86. The minimum absolute atomic E-state index is 0.592. The number of benzene rings is 2. The lowest BCUT2D eigenvalue weighted by atomic mass is 10.2. The van der Waals surface area contributed by atoms with Crippen molar-refractivity contribution in [2.24, 2.45) is 0 Å². The highest BCUT2D eigenvalue weighted by molar-refractivity contribution is 7.97.